The molecule has 1 N–H and O–H groups in total. The Kier molecular flexibility index (Phi) is 4.69. The van der Waals surface area contributed by atoms with Crippen molar-refractivity contribution in [1.29, 1.82) is 0 Å². The van der Waals surface area contributed by atoms with E-state index in [0.29, 0.717) is 6.04 Å². The maximum Gasteiger partial charge on any atom is 0.123 e. The van der Waals surface area contributed by atoms with E-state index in [1.807, 2.05) is 6.20 Å². The van der Waals surface area contributed by atoms with Crippen LogP contribution in [-0.2, 0) is 6.54 Å². The van der Waals surface area contributed by atoms with E-state index in [2.05, 4.69) is 40.6 Å². The minimum atomic E-state index is 0.0342. The summed E-state index contributed by atoms with van der Waals surface area (Å²) in [6, 6.07) is 0.690. The van der Waals surface area contributed by atoms with Crippen LogP contribution >= 0.6 is 0 Å². The van der Waals surface area contributed by atoms with Crippen molar-refractivity contribution in [3.63, 3.8) is 0 Å². The Hall–Kier alpha value is -1.13. The van der Waals surface area contributed by atoms with Gasteiger partial charge in [0.1, 0.15) is 5.82 Å². The molecule has 0 aromatic carbocycles. The molecule has 1 saturated heterocycles. The lowest BCUT2D eigenvalue weighted by molar-refractivity contribution is 0.0292. The van der Waals surface area contributed by atoms with Gasteiger partial charge in [0.25, 0.3) is 0 Å². The van der Waals surface area contributed by atoms with Gasteiger partial charge in [0, 0.05) is 30.4 Å². The van der Waals surface area contributed by atoms with E-state index in [4.69, 9.17) is 0 Å². The predicted octanol–water partition coefficient (Wildman–Crippen LogP) is 3.15. The van der Waals surface area contributed by atoms with Crippen LogP contribution in [-0.4, -0.2) is 39.3 Å². The molecule has 122 valence electrons. The topological polar surface area (TPSA) is 41.3 Å². The SMILES string of the molecule is CC(C)=CC[C@]1(CO)CCCN(Cc2nccn2C2CC2)C1. The van der Waals surface area contributed by atoms with Crippen molar-refractivity contribution in [2.75, 3.05) is 19.7 Å². The molecule has 1 saturated carbocycles. The van der Waals surface area contributed by atoms with Crippen LogP contribution in [0.25, 0.3) is 0 Å². The molecular formula is C18H29N3O. The monoisotopic (exact) mass is 303 g/mol. The van der Waals surface area contributed by atoms with Gasteiger partial charge in [0.2, 0.25) is 0 Å². The highest BCUT2D eigenvalue weighted by molar-refractivity contribution is 5.02. The number of likely N-dealkylation sites (tertiary alicyclic amines) is 1. The van der Waals surface area contributed by atoms with Gasteiger partial charge in [-0.05, 0) is 52.5 Å². The summed E-state index contributed by atoms with van der Waals surface area (Å²) >= 11 is 0. The Morgan fingerprint density at radius 3 is 2.95 bits per heavy atom. The summed E-state index contributed by atoms with van der Waals surface area (Å²) in [5, 5.41) is 9.97. The first-order valence-corrected chi connectivity index (χ1v) is 8.60. The molecule has 2 fully saturated rings. The Bertz CT molecular complexity index is 528. The van der Waals surface area contributed by atoms with E-state index in [1.165, 1.54) is 30.7 Å². The first-order valence-electron chi connectivity index (χ1n) is 8.60. The molecule has 1 aliphatic carbocycles. The molecular weight excluding hydrogens is 274 g/mol. The van der Waals surface area contributed by atoms with Gasteiger partial charge in [-0.25, -0.2) is 4.98 Å². The number of hydrogen-bond acceptors (Lipinski definition) is 3. The van der Waals surface area contributed by atoms with Crippen molar-refractivity contribution in [2.24, 2.45) is 5.41 Å². The molecule has 0 bridgehead atoms. The van der Waals surface area contributed by atoms with Crippen molar-refractivity contribution in [1.82, 2.24) is 14.5 Å². The van der Waals surface area contributed by atoms with Crippen LogP contribution in [0.1, 0.15) is 57.8 Å². The van der Waals surface area contributed by atoms with E-state index in [9.17, 15) is 5.11 Å². The Labute approximate surface area is 133 Å². The normalized spacial score (nSPS) is 26.1. The first-order chi connectivity index (χ1) is 10.6. The fourth-order valence-electron chi connectivity index (χ4n) is 3.58. The molecule has 0 amide bonds. The highest BCUT2D eigenvalue weighted by Gasteiger charge is 2.35. The van der Waals surface area contributed by atoms with Crippen LogP contribution in [0, 0.1) is 5.41 Å². The van der Waals surface area contributed by atoms with Gasteiger partial charge in [-0.15, -0.1) is 0 Å². The van der Waals surface area contributed by atoms with Crippen molar-refractivity contribution in [3.05, 3.63) is 29.9 Å². The van der Waals surface area contributed by atoms with Crippen LogP contribution in [0.3, 0.4) is 0 Å². The Morgan fingerprint density at radius 2 is 2.27 bits per heavy atom. The molecule has 4 nitrogen and oxygen atoms in total. The summed E-state index contributed by atoms with van der Waals surface area (Å²) in [6.45, 7) is 7.57. The molecule has 3 rings (SSSR count). The molecule has 0 unspecified atom stereocenters. The second-order valence-corrected chi connectivity index (χ2v) is 7.44. The van der Waals surface area contributed by atoms with Crippen molar-refractivity contribution in [3.8, 4) is 0 Å². The standard InChI is InChI=1S/C18H29N3O/c1-15(2)6-8-18(14-22)7-3-10-20(13-18)12-17-19-9-11-21(17)16-4-5-16/h6,9,11,16,22H,3-5,7-8,10,12-14H2,1-2H3/t18-/m1/s1. The number of rotatable bonds is 6. The molecule has 1 aromatic rings. The lowest BCUT2D eigenvalue weighted by atomic mass is 9.77. The van der Waals surface area contributed by atoms with Crippen molar-refractivity contribution >= 4 is 0 Å². The lowest BCUT2D eigenvalue weighted by Gasteiger charge is -2.41. The first kappa shape index (κ1) is 15.8. The van der Waals surface area contributed by atoms with Gasteiger partial charge in [-0.2, -0.15) is 0 Å². The minimum absolute atomic E-state index is 0.0342. The summed E-state index contributed by atoms with van der Waals surface area (Å²) < 4.78 is 2.35. The minimum Gasteiger partial charge on any atom is -0.396 e. The molecule has 0 radical (unpaired) electrons. The molecule has 4 heteroatoms. The van der Waals surface area contributed by atoms with Gasteiger partial charge in [0.05, 0.1) is 13.2 Å². The van der Waals surface area contributed by atoms with E-state index >= 15 is 0 Å². The summed E-state index contributed by atoms with van der Waals surface area (Å²) in [4.78, 5) is 7.05. The summed E-state index contributed by atoms with van der Waals surface area (Å²) in [7, 11) is 0. The average Bonchev–Trinajstić information content (AvgIpc) is 3.26. The molecule has 2 aliphatic rings. The zero-order chi connectivity index (χ0) is 15.6. The largest absolute Gasteiger partial charge is 0.396 e. The number of aliphatic hydroxyl groups excluding tert-OH is 1. The smallest absolute Gasteiger partial charge is 0.123 e. The number of aromatic nitrogens is 2. The average molecular weight is 303 g/mol. The number of piperidine rings is 1. The number of imidazole rings is 1. The number of nitrogens with zero attached hydrogens (tertiary/aromatic N) is 3. The van der Waals surface area contributed by atoms with Gasteiger partial charge < -0.3 is 9.67 Å². The number of aliphatic hydroxyl groups is 1. The summed E-state index contributed by atoms with van der Waals surface area (Å²) in [5.74, 6) is 1.19. The summed E-state index contributed by atoms with van der Waals surface area (Å²) in [6.07, 6.45) is 12.2. The third kappa shape index (κ3) is 3.61. The van der Waals surface area contributed by atoms with Crippen LogP contribution in [0.2, 0.25) is 0 Å². The second kappa shape index (κ2) is 6.55. The summed E-state index contributed by atoms with van der Waals surface area (Å²) in [5.41, 5.74) is 1.38. The molecule has 1 atom stereocenters. The Balaban J connectivity index is 1.66. The highest BCUT2D eigenvalue weighted by atomic mass is 16.3. The van der Waals surface area contributed by atoms with Crippen LogP contribution in [0.5, 0.6) is 0 Å². The zero-order valence-electron chi connectivity index (χ0n) is 14.0. The third-order valence-corrected chi connectivity index (χ3v) is 5.07. The van der Waals surface area contributed by atoms with Crippen LogP contribution in [0.4, 0.5) is 0 Å². The van der Waals surface area contributed by atoms with Crippen molar-refractivity contribution in [2.45, 2.75) is 58.5 Å². The van der Waals surface area contributed by atoms with Gasteiger partial charge >= 0.3 is 0 Å². The maximum atomic E-state index is 9.97. The molecule has 2 heterocycles. The van der Waals surface area contributed by atoms with Gasteiger partial charge in [-0.1, -0.05) is 11.6 Å². The second-order valence-electron chi connectivity index (χ2n) is 7.44. The van der Waals surface area contributed by atoms with E-state index < -0.39 is 0 Å². The third-order valence-electron chi connectivity index (χ3n) is 5.07. The Morgan fingerprint density at radius 1 is 1.45 bits per heavy atom. The van der Waals surface area contributed by atoms with E-state index in [-0.39, 0.29) is 12.0 Å². The molecule has 1 aliphatic heterocycles. The van der Waals surface area contributed by atoms with Gasteiger partial charge in [-0.3, -0.25) is 4.90 Å². The fraction of sp³-hybridized carbons (Fsp3) is 0.722. The molecule has 1 aromatic heterocycles. The van der Waals surface area contributed by atoms with Crippen LogP contribution in [0.15, 0.2) is 24.0 Å². The van der Waals surface area contributed by atoms with E-state index in [1.54, 1.807) is 0 Å². The quantitative estimate of drug-likeness (QED) is 0.821. The lowest BCUT2D eigenvalue weighted by Crippen LogP contribution is -2.45. The fourth-order valence-corrected chi connectivity index (χ4v) is 3.58. The molecule has 0 spiro atoms. The number of allylic oxidation sites excluding steroid dienone is 2. The van der Waals surface area contributed by atoms with Gasteiger partial charge in [0.15, 0.2) is 0 Å². The van der Waals surface area contributed by atoms with E-state index in [0.717, 1.165) is 32.5 Å². The highest BCUT2D eigenvalue weighted by Crippen LogP contribution is 2.37. The maximum absolute atomic E-state index is 9.97. The van der Waals surface area contributed by atoms with Crippen molar-refractivity contribution < 1.29 is 5.11 Å². The predicted molar refractivity (Wildman–Crippen MR) is 88.6 cm³/mol. The molecule has 22 heavy (non-hydrogen) atoms. The van der Waals surface area contributed by atoms with Crippen LogP contribution < -0.4 is 0 Å². The number of hydrogen-bond donors (Lipinski definition) is 1. The zero-order valence-corrected chi connectivity index (χ0v) is 14.0.